The number of amides is 2. The largest absolute Gasteiger partial charge is 0.508 e. The van der Waals surface area contributed by atoms with Gasteiger partial charge >= 0.3 is 6.03 Å². The van der Waals surface area contributed by atoms with Crippen molar-refractivity contribution in [1.82, 2.24) is 4.90 Å². The highest BCUT2D eigenvalue weighted by atomic mass is 19.1. The van der Waals surface area contributed by atoms with Crippen LogP contribution in [0.3, 0.4) is 0 Å². The van der Waals surface area contributed by atoms with Crippen molar-refractivity contribution in [1.29, 1.82) is 0 Å². The topological polar surface area (TPSA) is 52.6 Å². The molecular formula is C20H22F2N2O2. The molecule has 1 aliphatic carbocycles. The Kier molecular flexibility index (Phi) is 5.71. The smallest absolute Gasteiger partial charge is 0.322 e. The van der Waals surface area contributed by atoms with E-state index in [0.717, 1.165) is 44.2 Å². The number of para-hydroxylation sites is 1. The summed E-state index contributed by atoms with van der Waals surface area (Å²) in [4.78, 5) is 14.5. The molecule has 0 aliphatic heterocycles. The molecule has 0 heterocycles. The predicted octanol–water partition coefficient (Wildman–Crippen LogP) is 5.04. The number of carbonyl (C=O) groups excluding carboxylic acids is 1. The van der Waals surface area contributed by atoms with Crippen LogP contribution in [0.2, 0.25) is 0 Å². The van der Waals surface area contributed by atoms with E-state index in [1.165, 1.54) is 6.07 Å². The lowest BCUT2D eigenvalue weighted by Gasteiger charge is -2.34. The number of hydrogen-bond acceptors (Lipinski definition) is 2. The molecule has 2 N–H and O–H groups in total. The first-order valence-electron chi connectivity index (χ1n) is 8.84. The van der Waals surface area contributed by atoms with E-state index in [-0.39, 0.29) is 24.0 Å². The Bertz CT molecular complexity index is 776. The average Bonchev–Trinajstić information content (AvgIpc) is 2.64. The maximum absolute atomic E-state index is 13.9. The van der Waals surface area contributed by atoms with Gasteiger partial charge in [0.15, 0.2) is 0 Å². The number of hydrogen-bond donors (Lipinski definition) is 2. The van der Waals surface area contributed by atoms with Crippen LogP contribution in [0.5, 0.6) is 5.75 Å². The van der Waals surface area contributed by atoms with Gasteiger partial charge in [0.25, 0.3) is 0 Å². The Labute approximate surface area is 151 Å². The minimum absolute atomic E-state index is 0.0202. The lowest BCUT2D eigenvalue weighted by molar-refractivity contribution is 0.162. The van der Waals surface area contributed by atoms with Crippen LogP contribution < -0.4 is 5.32 Å². The summed E-state index contributed by atoms with van der Waals surface area (Å²) in [6.07, 6.45) is 4.93. The number of phenols is 1. The lowest BCUT2D eigenvalue weighted by atomic mass is 9.94. The first-order valence-corrected chi connectivity index (χ1v) is 8.84. The molecule has 2 amide bonds. The van der Waals surface area contributed by atoms with Gasteiger partial charge < -0.3 is 15.3 Å². The second-order valence-electron chi connectivity index (χ2n) is 6.60. The number of benzene rings is 2. The zero-order valence-corrected chi connectivity index (χ0v) is 14.4. The van der Waals surface area contributed by atoms with E-state index >= 15 is 0 Å². The molecule has 0 saturated heterocycles. The summed E-state index contributed by atoms with van der Waals surface area (Å²) in [5, 5.41) is 12.6. The quantitative estimate of drug-likeness (QED) is 0.803. The molecule has 0 bridgehead atoms. The van der Waals surface area contributed by atoms with Gasteiger partial charge in [0.05, 0.1) is 12.2 Å². The van der Waals surface area contributed by atoms with Crippen molar-refractivity contribution in [3.63, 3.8) is 0 Å². The number of anilines is 1. The van der Waals surface area contributed by atoms with Crippen molar-refractivity contribution < 1.29 is 18.7 Å². The van der Waals surface area contributed by atoms with E-state index in [4.69, 9.17) is 0 Å². The highest BCUT2D eigenvalue weighted by molar-refractivity contribution is 5.89. The molecule has 0 aromatic heterocycles. The number of carbonyl (C=O) groups is 1. The van der Waals surface area contributed by atoms with E-state index in [0.29, 0.717) is 5.56 Å². The van der Waals surface area contributed by atoms with E-state index in [9.17, 15) is 18.7 Å². The fourth-order valence-corrected chi connectivity index (χ4v) is 3.37. The Balaban J connectivity index is 1.81. The molecular weight excluding hydrogens is 338 g/mol. The zero-order chi connectivity index (χ0) is 18.5. The fraction of sp³-hybridized carbons (Fsp3) is 0.350. The zero-order valence-electron chi connectivity index (χ0n) is 14.4. The summed E-state index contributed by atoms with van der Waals surface area (Å²) < 4.78 is 27.0. The predicted molar refractivity (Wildman–Crippen MR) is 95.9 cm³/mol. The molecule has 0 spiro atoms. The van der Waals surface area contributed by atoms with Crippen LogP contribution in [0.4, 0.5) is 19.3 Å². The number of aromatic hydroxyl groups is 1. The Morgan fingerprint density at radius 3 is 2.54 bits per heavy atom. The van der Waals surface area contributed by atoms with Gasteiger partial charge in [-0.25, -0.2) is 13.6 Å². The number of nitrogens with one attached hydrogen (secondary N) is 1. The molecule has 1 fully saturated rings. The Morgan fingerprint density at radius 1 is 1.12 bits per heavy atom. The van der Waals surface area contributed by atoms with Gasteiger partial charge in [0.2, 0.25) is 0 Å². The molecule has 2 aromatic rings. The third kappa shape index (κ3) is 4.31. The van der Waals surface area contributed by atoms with E-state index in [2.05, 4.69) is 5.32 Å². The minimum atomic E-state index is -0.815. The summed E-state index contributed by atoms with van der Waals surface area (Å²) in [7, 11) is 0. The standard InChI is InChI=1S/C20H22F2N2O2/c21-15-10-11-18(17(22)12-15)23-20(26)24(16-7-2-1-3-8-16)13-14-6-4-5-9-19(14)25/h4-6,9-12,16,25H,1-3,7-8,13H2,(H,23,26). The number of nitrogens with zero attached hydrogens (tertiary/aromatic N) is 1. The van der Waals surface area contributed by atoms with Crippen molar-refractivity contribution in [3.05, 3.63) is 59.7 Å². The molecule has 1 saturated carbocycles. The fourth-order valence-electron chi connectivity index (χ4n) is 3.37. The van der Waals surface area contributed by atoms with Crippen molar-refractivity contribution >= 4 is 11.7 Å². The molecule has 0 unspecified atom stereocenters. The number of rotatable bonds is 4. The lowest BCUT2D eigenvalue weighted by Crippen LogP contribution is -2.43. The van der Waals surface area contributed by atoms with E-state index in [1.807, 2.05) is 0 Å². The van der Waals surface area contributed by atoms with Gasteiger partial charge in [0.1, 0.15) is 17.4 Å². The summed E-state index contributed by atoms with van der Waals surface area (Å²) in [5.41, 5.74) is 0.572. The summed E-state index contributed by atoms with van der Waals surface area (Å²) in [5.74, 6) is -1.39. The maximum atomic E-state index is 13.9. The third-order valence-corrected chi connectivity index (χ3v) is 4.78. The second kappa shape index (κ2) is 8.17. The SMILES string of the molecule is O=C(Nc1ccc(F)cc1F)N(Cc1ccccc1O)C1CCCCC1. The van der Waals surface area contributed by atoms with E-state index in [1.54, 1.807) is 29.2 Å². The first kappa shape index (κ1) is 18.2. The molecule has 1 aliphatic rings. The number of urea groups is 1. The number of phenolic OH excluding ortho intramolecular Hbond substituents is 1. The summed E-state index contributed by atoms with van der Waals surface area (Å²) in [6, 6.07) is 9.47. The van der Waals surface area contributed by atoms with Crippen molar-refractivity contribution in [2.45, 2.75) is 44.7 Å². The average molecular weight is 360 g/mol. The normalized spacial score (nSPS) is 14.8. The van der Waals surface area contributed by atoms with E-state index < -0.39 is 17.7 Å². The summed E-state index contributed by atoms with van der Waals surface area (Å²) in [6.45, 7) is 0.228. The Morgan fingerprint density at radius 2 is 1.85 bits per heavy atom. The van der Waals surface area contributed by atoms with Crippen LogP contribution in [0.15, 0.2) is 42.5 Å². The molecule has 0 atom stereocenters. The van der Waals surface area contributed by atoms with Crippen LogP contribution in [-0.4, -0.2) is 22.1 Å². The molecule has 2 aromatic carbocycles. The highest BCUT2D eigenvalue weighted by Crippen LogP contribution is 2.27. The molecule has 138 valence electrons. The van der Waals surface area contributed by atoms with Crippen LogP contribution in [-0.2, 0) is 6.54 Å². The molecule has 26 heavy (non-hydrogen) atoms. The Hall–Kier alpha value is -2.63. The van der Waals surface area contributed by atoms with Gasteiger partial charge in [-0.15, -0.1) is 0 Å². The molecule has 6 heteroatoms. The monoisotopic (exact) mass is 360 g/mol. The maximum Gasteiger partial charge on any atom is 0.322 e. The van der Waals surface area contributed by atoms with Gasteiger partial charge in [-0.2, -0.15) is 0 Å². The summed E-state index contributed by atoms with van der Waals surface area (Å²) >= 11 is 0. The van der Waals surface area contributed by atoms with Crippen molar-refractivity contribution in [3.8, 4) is 5.75 Å². The van der Waals surface area contributed by atoms with Gasteiger partial charge in [-0.3, -0.25) is 0 Å². The molecule has 3 rings (SSSR count). The second-order valence-corrected chi connectivity index (χ2v) is 6.60. The molecule has 0 radical (unpaired) electrons. The van der Waals surface area contributed by atoms with Gasteiger partial charge in [0, 0.05) is 17.7 Å². The van der Waals surface area contributed by atoms with Crippen LogP contribution in [0.25, 0.3) is 0 Å². The van der Waals surface area contributed by atoms with Crippen LogP contribution >= 0.6 is 0 Å². The third-order valence-electron chi connectivity index (χ3n) is 4.78. The van der Waals surface area contributed by atoms with Crippen LogP contribution in [0.1, 0.15) is 37.7 Å². The molecule has 4 nitrogen and oxygen atoms in total. The number of halogens is 2. The van der Waals surface area contributed by atoms with Gasteiger partial charge in [-0.05, 0) is 31.0 Å². The van der Waals surface area contributed by atoms with Gasteiger partial charge in [-0.1, -0.05) is 37.5 Å². The van der Waals surface area contributed by atoms with Crippen molar-refractivity contribution in [2.75, 3.05) is 5.32 Å². The van der Waals surface area contributed by atoms with Crippen molar-refractivity contribution in [2.24, 2.45) is 0 Å². The first-order chi connectivity index (χ1) is 12.5. The minimum Gasteiger partial charge on any atom is -0.508 e. The highest BCUT2D eigenvalue weighted by Gasteiger charge is 2.27. The van der Waals surface area contributed by atoms with Crippen LogP contribution in [0, 0.1) is 11.6 Å².